The van der Waals surface area contributed by atoms with Crippen LogP contribution in [0, 0.1) is 6.92 Å². The van der Waals surface area contributed by atoms with Crippen molar-refractivity contribution < 1.29 is 14.7 Å². The lowest BCUT2D eigenvalue weighted by atomic mass is 10.1. The maximum absolute atomic E-state index is 12.1. The number of carbonyl (C=O) groups excluding carboxylic acids is 1. The standard InChI is InChI=1S/C13H13N3O3/c1-8-11(7-14-16(8)2)15-12(17)9-5-3-4-6-10(9)13(18)19/h3-7H,1-2H3,(H,15,17)(H,18,19). The van der Waals surface area contributed by atoms with Crippen molar-refractivity contribution in [3.8, 4) is 0 Å². The molecule has 0 unspecified atom stereocenters. The van der Waals surface area contributed by atoms with Crippen molar-refractivity contribution in [2.75, 3.05) is 5.32 Å². The maximum Gasteiger partial charge on any atom is 0.336 e. The lowest BCUT2D eigenvalue weighted by Gasteiger charge is -2.07. The molecular weight excluding hydrogens is 246 g/mol. The van der Waals surface area contributed by atoms with Gasteiger partial charge >= 0.3 is 5.97 Å². The molecule has 0 fully saturated rings. The predicted molar refractivity (Wildman–Crippen MR) is 69.3 cm³/mol. The van der Waals surface area contributed by atoms with E-state index in [1.54, 1.807) is 23.9 Å². The van der Waals surface area contributed by atoms with Gasteiger partial charge in [0.1, 0.15) is 0 Å². The fourth-order valence-electron chi connectivity index (χ4n) is 1.68. The summed E-state index contributed by atoms with van der Waals surface area (Å²) in [6, 6.07) is 6.07. The van der Waals surface area contributed by atoms with E-state index in [1.165, 1.54) is 18.3 Å². The molecule has 0 atom stereocenters. The maximum atomic E-state index is 12.1. The summed E-state index contributed by atoms with van der Waals surface area (Å²) in [7, 11) is 1.76. The average molecular weight is 259 g/mol. The van der Waals surface area contributed by atoms with Gasteiger partial charge in [-0.05, 0) is 19.1 Å². The van der Waals surface area contributed by atoms with Gasteiger partial charge in [-0.15, -0.1) is 0 Å². The van der Waals surface area contributed by atoms with Gasteiger partial charge in [-0.2, -0.15) is 5.10 Å². The average Bonchev–Trinajstić information content (AvgIpc) is 2.70. The Morgan fingerprint density at radius 3 is 2.42 bits per heavy atom. The van der Waals surface area contributed by atoms with Gasteiger partial charge in [-0.3, -0.25) is 9.48 Å². The minimum Gasteiger partial charge on any atom is -0.478 e. The smallest absolute Gasteiger partial charge is 0.336 e. The summed E-state index contributed by atoms with van der Waals surface area (Å²) in [4.78, 5) is 23.1. The summed E-state index contributed by atoms with van der Waals surface area (Å²) in [6.07, 6.45) is 1.52. The van der Waals surface area contributed by atoms with Crippen molar-refractivity contribution in [1.82, 2.24) is 9.78 Å². The zero-order valence-electron chi connectivity index (χ0n) is 10.5. The van der Waals surface area contributed by atoms with Crippen LogP contribution in [0.5, 0.6) is 0 Å². The number of aryl methyl sites for hydroxylation is 1. The summed E-state index contributed by atoms with van der Waals surface area (Å²) in [5.74, 6) is -1.59. The largest absolute Gasteiger partial charge is 0.478 e. The lowest BCUT2D eigenvalue weighted by Crippen LogP contribution is -2.16. The van der Waals surface area contributed by atoms with Crippen LogP contribution in [-0.4, -0.2) is 26.8 Å². The summed E-state index contributed by atoms with van der Waals surface area (Å²) in [5.41, 5.74) is 1.45. The van der Waals surface area contributed by atoms with E-state index in [1.807, 2.05) is 6.92 Å². The Labute approximate surface area is 109 Å². The van der Waals surface area contributed by atoms with E-state index in [-0.39, 0.29) is 11.1 Å². The number of aromatic nitrogens is 2. The van der Waals surface area contributed by atoms with E-state index in [2.05, 4.69) is 10.4 Å². The summed E-state index contributed by atoms with van der Waals surface area (Å²) in [5, 5.41) is 15.7. The number of hydrogen-bond acceptors (Lipinski definition) is 3. The monoisotopic (exact) mass is 259 g/mol. The Kier molecular flexibility index (Phi) is 3.33. The first-order valence-electron chi connectivity index (χ1n) is 5.63. The molecule has 2 aromatic rings. The number of aromatic carboxylic acids is 1. The number of nitrogens with zero attached hydrogens (tertiary/aromatic N) is 2. The molecule has 19 heavy (non-hydrogen) atoms. The molecule has 2 N–H and O–H groups in total. The van der Waals surface area contributed by atoms with Crippen molar-refractivity contribution in [2.24, 2.45) is 7.05 Å². The quantitative estimate of drug-likeness (QED) is 0.878. The molecule has 0 bridgehead atoms. The number of carbonyl (C=O) groups is 2. The topological polar surface area (TPSA) is 84.2 Å². The zero-order chi connectivity index (χ0) is 14.0. The Hall–Kier alpha value is -2.63. The normalized spacial score (nSPS) is 10.2. The molecule has 1 aromatic heterocycles. The van der Waals surface area contributed by atoms with Crippen LogP contribution in [0.1, 0.15) is 26.4 Å². The fourth-order valence-corrected chi connectivity index (χ4v) is 1.68. The molecule has 1 amide bonds. The third kappa shape index (κ3) is 2.47. The minimum absolute atomic E-state index is 0.0263. The minimum atomic E-state index is -1.13. The molecule has 0 aliphatic heterocycles. The van der Waals surface area contributed by atoms with Gasteiger partial charge in [0, 0.05) is 7.05 Å². The highest BCUT2D eigenvalue weighted by Crippen LogP contribution is 2.15. The number of carboxylic acids is 1. The van der Waals surface area contributed by atoms with Gasteiger partial charge in [-0.25, -0.2) is 4.79 Å². The Morgan fingerprint density at radius 2 is 1.89 bits per heavy atom. The number of hydrogen-bond donors (Lipinski definition) is 2. The van der Waals surface area contributed by atoms with E-state index in [0.717, 1.165) is 5.69 Å². The summed E-state index contributed by atoms with van der Waals surface area (Å²) >= 11 is 0. The van der Waals surface area contributed by atoms with Gasteiger partial charge in [-0.1, -0.05) is 12.1 Å². The first kappa shape index (κ1) is 12.8. The van der Waals surface area contributed by atoms with Crippen molar-refractivity contribution in [3.05, 3.63) is 47.3 Å². The molecule has 0 spiro atoms. The highest BCUT2D eigenvalue weighted by Gasteiger charge is 2.17. The molecule has 6 nitrogen and oxygen atoms in total. The lowest BCUT2D eigenvalue weighted by molar-refractivity contribution is 0.0692. The SMILES string of the molecule is Cc1c(NC(=O)c2ccccc2C(=O)O)cnn1C. The van der Waals surface area contributed by atoms with Crippen molar-refractivity contribution >= 4 is 17.6 Å². The molecule has 2 rings (SSSR count). The van der Waals surface area contributed by atoms with Gasteiger partial charge in [0.05, 0.1) is 28.7 Å². The highest BCUT2D eigenvalue weighted by atomic mass is 16.4. The van der Waals surface area contributed by atoms with E-state index < -0.39 is 11.9 Å². The number of carboxylic acid groups (broad SMARTS) is 1. The number of anilines is 1. The molecule has 0 radical (unpaired) electrons. The molecule has 98 valence electrons. The molecule has 1 heterocycles. The molecule has 1 aromatic carbocycles. The molecule has 0 saturated heterocycles. The number of amides is 1. The van der Waals surface area contributed by atoms with E-state index in [9.17, 15) is 9.59 Å². The number of nitrogens with one attached hydrogen (secondary N) is 1. The summed E-state index contributed by atoms with van der Waals surface area (Å²) < 4.78 is 1.62. The van der Waals surface area contributed by atoms with Crippen LogP contribution in [0.4, 0.5) is 5.69 Å². The van der Waals surface area contributed by atoms with Crippen LogP contribution in [0.3, 0.4) is 0 Å². The first-order chi connectivity index (χ1) is 9.00. The summed E-state index contributed by atoms with van der Waals surface area (Å²) in [6.45, 7) is 1.81. The van der Waals surface area contributed by atoms with Gasteiger partial charge in [0.2, 0.25) is 0 Å². The molecule has 0 saturated carbocycles. The Balaban J connectivity index is 2.31. The molecule has 6 heteroatoms. The van der Waals surface area contributed by atoms with Crippen LogP contribution in [0.15, 0.2) is 30.5 Å². The van der Waals surface area contributed by atoms with Gasteiger partial charge in [0.15, 0.2) is 0 Å². The van der Waals surface area contributed by atoms with Gasteiger partial charge in [0.25, 0.3) is 5.91 Å². The van der Waals surface area contributed by atoms with Crippen molar-refractivity contribution in [3.63, 3.8) is 0 Å². The number of rotatable bonds is 3. The van der Waals surface area contributed by atoms with E-state index in [4.69, 9.17) is 5.11 Å². The molecular formula is C13H13N3O3. The van der Waals surface area contributed by atoms with Crippen LogP contribution in [0.2, 0.25) is 0 Å². The third-order valence-electron chi connectivity index (χ3n) is 2.89. The predicted octanol–water partition coefficient (Wildman–Crippen LogP) is 1.68. The molecule has 0 aliphatic carbocycles. The Bertz CT molecular complexity index is 646. The van der Waals surface area contributed by atoms with Crippen molar-refractivity contribution in [1.29, 1.82) is 0 Å². The fraction of sp³-hybridized carbons (Fsp3) is 0.154. The van der Waals surface area contributed by atoms with Crippen molar-refractivity contribution in [2.45, 2.75) is 6.92 Å². The van der Waals surface area contributed by atoms with Crippen LogP contribution in [0.25, 0.3) is 0 Å². The second-order valence-electron chi connectivity index (χ2n) is 4.07. The number of benzene rings is 1. The van der Waals surface area contributed by atoms with Crippen LogP contribution < -0.4 is 5.32 Å². The second-order valence-corrected chi connectivity index (χ2v) is 4.07. The second kappa shape index (κ2) is 4.93. The van der Waals surface area contributed by atoms with E-state index >= 15 is 0 Å². The van der Waals surface area contributed by atoms with Crippen LogP contribution >= 0.6 is 0 Å². The zero-order valence-corrected chi connectivity index (χ0v) is 10.5. The first-order valence-corrected chi connectivity index (χ1v) is 5.63. The van der Waals surface area contributed by atoms with Crippen LogP contribution in [-0.2, 0) is 7.05 Å². The van der Waals surface area contributed by atoms with Gasteiger partial charge < -0.3 is 10.4 Å². The molecule has 0 aliphatic rings. The van der Waals surface area contributed by atoms with E-state index in [0.29, 0.717) is 5.69 Å². The highest BCUT2D eigenvalue weighted by molar-refractivity contribution is 6.10. The Morgan fingerprint density at radius 1 is 1.26 bits per heavy atom. The third-order valence-corrected chi connectivity index (χ3v) is 2.89.